The molecule has 1 aromatic carbocycles. The van der Waals surface area contributed by atoms with E-state index in [-0.39, 0.29) is 24.2 Å². The van der Waals surface area contributed by atoms with Gasteiger partial charge in [-0.2, -0.15) is 0 Å². The molecule has 124 valence electrons. The fourth-order valence-electron chi connectivity index (χ4n) is 3.07. The molecule has 24 heavy (non-hydrogen) atoms. The molecule has 1 aromatic heterocycles. The van der Waals surface area contributed by atoms with E-state index in [1.807, 2.05) is 38.1 Å². The summed E-state index contributed by atoms with van der Waals surface area (Å²) in [6.07, 6.45) is 3.65. The summed E-state index contributed by atoms with van der Waals surface area (Å²) in [5.74, 6) is -0.378. The van der Waals surface area contributed by atoms with Gasteiger partial charge in [-0.3, -0.25) is 14.6 Å². The lowest BCUT2D eigenvalue weighted by Crippen LogP contribution is -2.32. The summed E-state index contributed by atoms with van der Waals surface area (Å²) < 4.78 is 0. The van der Waals surface area contributed by atoms with Crippen LogP contribution in [0.15, 0.2) is 42.7 Å². The van der Waals surface area contributed by atoms with E-state index in [0.717, 1.165) is 22.4 Å². The molecule has 1 atom stereocenters. The third-order valence-corrected chi connectivity index (χ3v) is 4.23. The molecule has 0 bridgehead atoms. The summed E-state index contributed by atoms with van der Waals surface area (Å²) in [6.45, 7) is 4.91. The second-order valence-corrected chi connectivity index (χ2v) is 6.32. The smallest absolute Gasteiger partial charge is 0.227 e. The topological polar surface area (TPSA) is 62.3 Å². The lowest BCUT2D eigenvalue weighted by molar-refractivity contribution is -0.126. The van der Waals surface area contributed by atoms with Crippen molar-refractivity contribution >= 4 is 17.5 Å². The Balaban J connectivity index is 1.64. The van der Waals surface area contributed by atoms with Gasteiger partial charge in [0, 0.05) is 37.6 Å². The number of carbonyl (C=O) groups is 2. The number of anilines is 1. The van der Waals surface area contributed by atoms with Crippen LogP contribution in [0.1, 0.15) is 23.1 Å². The first-order chi connectivity index (χ1) is 11.5. The number of aryl methyl sites for hydroxylation is 2. The highest BCUT2D eigenvalue weighted by Crippen LogP contribution is 2.27. The molecule has 2 aromatic rings. The second kappa shape index (κ2) is 6.83. The van der Waals surface area contributed by atoms with E-state index in [9.17, 15) is 9.59 Å². The maximum absolute atomic E-state index is 12.4. The van der Waals surface area contributed by atoms with Crippen LogP contribution in [-0.2, 0) is 16.1 Å². The Hall–Kier alpha value is -2.69. The largest absolute Gasteiger partial charge is 0.352 e. The molecule has 3 rings (SSSR count). The van der Waals surface area contributed by atoms with Gasteiger partial charge in [0.1, 0.15) is 0 Å². The van der Waals surface area contributed by atoms with Crippen molar-refractivity contribution in [3.05, 3.63) is 59.4 Å². The average molecular weight is 323 g/mol. The highest BCUT2D eigenvalue weighted by molar-refractivity contribution is 6.00. The highest BCUT2D eigenvalue weighted by atomic mass is 16.2. The van der Waals surface area contributed by atoms with Crippen molar-refractivity contribution in [1.82, 2.24) is 10.3 Å². The maximum Gasteiger partial charge on any atom is 0.227 e. The Morgan fingerprint density at radius 1 is 1.21 bits per heavy atom. The number of rotatable bonds is 4. The molecule has 1 unspecified atom stereocenters. The van der Waals surface area contributed by atoms with Crippen molar-refractivity contribution in [2.24, 2.45) is 5.92 Å². The molecule has 0 radical (unpaired) electrons. The van der Waals surface area contributed by atoms with Gasteiger partial charge in [0.2, 0.25) is 11.8 Å². The number of benzene rings is 1. The minimum Gasteiger partial charge on any atom is -0.352 e. The van der Waals surface area contributed by atoms with Crippen LogP contribution in [-0.4, -0.2) is 23.3 Å². The third kappa shape index (κ3) is 3.62. The lowest BCUT2D eigenvalue weighted by Gasteiger charge is -2.18. The van der Waals surface area contributed by atoms with Crippen LogP contribution in [0.2, 0.25) is 0 Å². The van der Waals surface area contributed by atoms with Crippen LogP contribution in [0.4, 0.5) is 5.69 Å². The molecule has 1 saturated heterocycles. The van der Waals surface area contributed by atoms with Crippen LogP contribution in [0.5, 0.6) is 0 Å². The monoisotopic (exact) mass is 323 g/mol. The molecule has 2 heterocycles. The summed E-state index contributed by atoms with van der Waals surface area (Å²) in [6, 6.07) is 9.77. The molecule has 1 N–H and O–H groups in total. The molecule has 1 aliphatic heterocycles. The van der Waals surface area contributed by atoms with E-state index in [1.165, 1.54) is 0 Å². The van der Waals surface area contributed by atoms with Crippen LogP contribution >= 0.6 is 0 Å². The minimum atomic E-state index is -0.305. The SMILES string of the molecule is Cc1cc(C)cc(N2CC(C(=O)NCc3ccncc3)CC2=O)c1. The van der Waals surface area contributed by atoms with Gasteiger partial charge in [-0.1, -0.05) is 6.07 Å². The zero-order valence-corrected chi connectivity index (χ0v) is 14.0. The molecule has 1 fully saturated rings. The number of hydrogen-bond donors (Lipinski definition) is 1. The third-order valence-electron chi connectivity index (χ3n) is 4.23. The molecular formula is C19H21N3O2. The van der Waals surface area contributed by atoms with Gasteiger partial charge < -0.3 is 10.2 Å². The quantitative estimate of drug-likeness (QED) is 0.939. The van der Waals surface area contributed by atoms with E-state index in [2.05, 4.69) is 16.4 Å². The van der Waals surface area contributed by atoms with Crippen molar-refractivity contribution in [1.29, 1.82) is 0 Å². The lowest BCUT2D eigenvalue weighted by atomic mass is 10.1. The molecule has 1 aliphatic rings. The van der Waals surface area contributed by atoms with E-state index in [4.69, 9.17) is 0 Å². The van der Waals surface area contributed by atoms with Crippen LogP contribution < -0.4 is 10.2 Å². The second-order valence-electron chi connectivity index (χ2n) is 6.32. The first-order valence-electron chi connectivity index (χ1n) is 8.08. The van der Waals surface area contributed by atoms with E-state index < -0.39 is 0 Å². The number of hydrogen-bond acceptors (Lipinski definition) is 3. The van der Waals surface area contributed by atoms with Gasteiger partial charge in [-0.05, 0) is 54.8 Å². The standard InChI is InChI=1S/C19H21N3O2/c1-13-7-14(2)9-17(8-13)22-12-16(10-18(22)23)19(24)21-11-15-3-5-20-6-4-15/h3-9,16H,10-12H2,1-2H3,(H,21,24). The van der Waals surface area contributed by atoms with Crippen molar-refractivity contribution in [3.8, 4) is 0 Å². The van der Waals surface area contributed by atoms with Crippen molar-refractivity contribution < 1.29 is 9.59 Å². The van der Waals surface area contributed by atoms with Crippen molar-refractivity contribution in [2.75, 3.05) is 11.4 Å². The van der Waals surface area contributed by atoms with E-state index in [1.54, 1.807) is 17.3 Å². The minimum absolute atomic E-state index is 0.00376. The Bertz CT molecular complexity index is 738. The Labute approximate surface area is 141 Å². The van der Waals surface area contributed by atoms with Crippen molar-refractivity contribution in [3.63, 3.8) is 0 Å². The van der Waals surface area contributed by atoms with E-state index in [0.29, 0.717) is 13.1 Å². The fraction of sp³-hybridized carbons (Fsp3) is 0.316. The van der Waals surface area contributed by atoms with Gasteiger partial charge in [0.15, 0.2) is 0 Å². The normalized spacial score (nSPS) is 17.2. The molecule has 0 spiro atoms. The molecule has 2 amide bonds. The molecule has 0 aliphatic carbocycles. The Morgan fingerprint density at radius 3 is 2.54 bits per heavy atom. The van der Waals surface area contributed by atoms with Crippen LogP contribution in [0.25, 0.3) is 0 Å². The number of nitrogens with zero attached hydrogens (tertiary/aromatic N) is 2. The number of aromatic nitrogens is 1. The van der Waals surface area contributed by atoms with E-state index >= 15 is 0 Å². The van der Waals surface area contributed by atoms with Crippen LogP contribution in [0.3, 0.4) is 0 Å². The first-order valence-corrected chi connectivity index (χ1v) is 8.08. The summed E-state index contributed by atoms with van der Waals surface area (Å²) in [5, 5.41) is 2.91. The van der Waals surface area contributed by atoms with Gasteiger partial charge in [-0.25, -0.2) is 0 Å². The Morgan fingerprint density at radius 2 is 1.88 bits per heavy atom. The summed E-state index contributed by atoms with van der Waals surface area (Å²) in [7, 11) is 0. The molecule has 5 nitrogen and oxygen atoms in total. The first kappa shape index (κ1) is 16.2. The highest BCUT2D eigenvalue weighted by Gasteiger charge is 2.35. The predicted octanol–water partition coefficient (Wildman–Crippen LogP) is 2.37. The summed E-state index contributed by atoms with van der Waals surface area (Å²) in [5.41, 5.74) is 4.10. The van der Waals surface area contributed by atoms with Crippen molar-refractivity contribution in [2.45, 2.75) is 26.8 Å². The number of carbonyl (C=O) groups excluding carboxylic acids is 2. The fourth-order valence-corrected chi connectivity index (χ4v) is 3.07. The molecule has 5 heteroatoms. The number of pyridine rings is 1. The Kier molecular flexibility index (Phi) is 4.60. The van der Waals surface area contributed by atoms with Gasteiger partial charge in [0.05, 0.1) is 5.92 Å². The zero-order valence-electron chi connectivity index (χ0n) is 14.0. The van der Waals surface area contributed by atoms with Gasteiger partial charge in [0.25, 0.3) is 0 Å². The summed E-state index contributed by atoms with van der Waals surface area (Å²) >= 11 is 0. The summed E-state index contributed by atoms with van der Waals surface area (Å²) in [4.78, 5) is 30.4. The number of nitrogens with one attached hydrogen (secondary N) is 1. The average Bonchev–Trinajstić information content (AvgIpc) is 2.95. The zero-order chi connectivity index (χ0) is 17.1. The number of amides is 2. The van der Waals surface area contributed by atoms with Gasteiger partial charge in [-0.15, -0.1) is 0 Å². The maximum atomic E-state index is 12.4. The molecular weight excluding hydrogens is 302 g/mol. The van der Waals surface area contributed by atoms with Gasteiger partial charge >= 0.3 is 0 Å². The van der Waals surface area contributed by atoms with Crippen LogP contribution in [0, 0.1) is 19.8 Å². The molecule has 0 saturated carbocycles. The predicted molar refractivity (Wildman–Crippen MR) is 92.5 cm³/mol.